The molecule has 0 radical (unpaired) electrons. The van der Waals surface area contributed by atoms with Crippen LogP contribution in [-0.4, -0.2) is 45.5 Å². The highest BCUT2D eigenvalue weighted by Crippen LogP contribution is 2.31. The molecule has 0 spiro atoms. The number of anilines is 1. The molecule has 1 saturated heterocycles. The van der Waals surface area contributed by atoms with E-state index in [1.807, 2.05) is 0 Å². The number of alkyl halides is 2. The number of aliphatic hydroxyl groups excluding tert-OH is 1. The average molecular weight is 442 g/mol. The van der Waals surface area contributed by atoms with Crippen molar-refractivity contribution in [2.75, 3.05) is 18.1 Å². The highest BCUT2D eigenvalue weighted by Gasteiger charge is 2.50. The second-order valence-electron chi connectivity index (χ2n) is 7.35. The average Bonchev–Trinajstić information content (AvgIpc) is 2.68. The Balaban J connectivity index is 1.90. The molecule has 0 aliphatic carbocycles. The lowest BCUT2D eigenvalue weighted by Gasteiger charge is -2.46. The van der Waals surface area contributed by atoms with Crippen LogP contribution in [0.5, 0.6) is 0 Å². The Bertz CT molecular complexity index is 981. The number of piperazine rings is 1. The molecule has 3 rings (SSSR count). The van der Waals surface area contributed by atoms with Crippen LogP contribution >= 0.6 is 11.6 Å². The monoisotopic (exact) mass is 441 g/mol. The molecule has 1 fully saturated rings. The van der Waals surface area contributed by atoms with Gasteiger partial charge in [0.15, 0.2) is 11.6 Å². The third-order valence-electron chi connectivity index (χ3n) is 5.05. The van der Waals surface area contributed by atoms with Gasteiger partial charge in [-0.3, -0.25) is 14.5 Å². The summed E-state index contributed by atoms with van der Waals surface area (Å²) in [5, 5.41) is 9.97. The first-order chi connectivity index (χ1) is 14.0. The summed E-state index contributed by atoms with van der Waals surface area (Å²) < 4.78 is 41.1. The molecule has 1 aliphatic heterocycles. The summed E-state index contributed by atoms with van der Waals surface area (Å²) >= 11 is 5.69. The molecule has 30 heavy (non-hydrogen) atoms. The van der Waals surface area contributed by atoms with Gasteiger partial charge in [0, 0.05) is 25.2 Å². The molecule has 2 heterocycles. The maximum Gasteiger partial charge on any atom is 0.270 e. The summed E-state index contributed by atoms with van der Waals surface area (Å²) in [6.07, 6.45) is 1.14. The number of aliphatic hydroxyl groups is 1. The van der Waals surface area contributed by atoms with Gasteiger partial charge in [0.2, 0.25) is 5.91 Å². The van der Waals surface area contributed by atoms with E-state index >= 15 is 0 Å². The van der Waals surface area contributed by atoms with E-state index in [0.717, 1.165) is 29.0 Å². The predicted octanol–water partition coefficient (Wildman–Crippen LogP) is 3.11. The predicted molar refractivity (Wildman–Crippen MR) is 104 cm³/mol. The number of pyridine rings is 1. The Labute approximate surface area is 175 Å². The van der Waals surface area contributed by atoms with Crippen molar-refractivity contribution in [3.05, 3.63) is 58.5 Å². The van der Waals surface area contributed by atoms with Gasteiger partial charge in [0.25, 0.3) is 11.8 Å². The summed E-state index contributed by atoms with van der Waals surface area (Å²) in [5.74, 6) is -5.55. The quantitative estimate of drug-likeness (QED) is 0.773. The Kier molecular flexibility index (Phi) is 5.79. The van der Waals surface area contributed by atoms with E-state index in [4.69, 9.17) is 11.6 Å². The largest absolute Gasteiger partial charge is 0.393 e. The Morgan fingerprint density at radius 1 is 1.27 bits per heavy atom. The minimum atomic E-state index is -3.01. The summed E-state index contributed by atoms with van der Waals surface area (Å²) in [6, 6.07) is 6.29. The molecule has 1 N–H and O–H groups in total. The van der Waals surface area contributed by atoms with Crippen molar-refractivity contribution in [2.24, 2.45) is 0 Å². The number of carbonyl (C=O) groups excluding carboxylic acids is 2. The van der Waals surface area contributed by atoms with Gasteiger partial charge < -0.3 is 10.0 Å². The number of nitrogens with zero attached hydrogens (tertiary/aromatic N) is 3. The van der Waals surface area contributed by atoms with E-state index in [2.05, 4.69) is 4.98 Å². The maximum absolute atomic E-state index is 14.3. The highest BCUT2D eigenvalue weighted by molar-refractivity contribution is 6.30. The van der Waals surface area contributed by atoms with Gasteiger partial charge in [-0.25, -0.2) is 18.2 Å². The van der Waals surface area contributed by atoms with Gasteiger partial charge in [-0.05, 0) is 18.6 Å². The number of carbonyl (C=O) groups is 2. The van der Waals surface area contributed by atoms with E-state index < -0.39 is 42.2 Å². The van der Waals surface area contributed by atoms with Crippen LogP contribution in [-0.2, 0) is 22.1 Å². The Morgan fingerprint density at radius 2 is 1.90 bits per heavy atom. The van der Waals surface area contributed by atoms with Crippen molar-refractivity contribution in [3.8, 4) is 0 Å². The molecule has 1 aromatic heterocycles. The van der Waals surface area contributed by atoms with Crippen molar-refractivity contribution in [3.63, 3.8) is 0 Å². The van der Waals surface area contributed by atoms with E-state index in [0.29, 0.717) is 5.56 Å². The number of halogens is 4. The lowest BCUT2D eigenvalue weighted by molar-refractivity contribution is -0.153. The summed E-state index contributed by atoms with van der Waals surface area (Å²) in [5.41, 5.74) is -1.39. The zero-order chi connectivity index (χ0) is 22.3. The third-order valence-corrected chi connectivity index (χ3v) is 5.26. The SMILES string of the molecule is CC(F)(F)c1ccc(CN2C(=O)CN(c3ncc(Cl)cc3F)C(=O)[C@@]2(C)CO)cc1. The fourth-order valence-corrected chi connectivity index (χ4v) is 3.40. The fraction of sp³-hybridized carbons (Fsp3) is 0.350. The molecule has 6 nitrogen and oxygen atoms in total. The minimum Gasteiger partial charge on any atom is -0.393 e. The van der Waals surface area contributed by atoms with Crippen LogP contribution in [0.1, 0.15) is 25.0 Å². The molecule has 0 saturated carbocycles. The van der Waals surface area contributed by atoms with E-state index in [1.165, 1.54) is 31.2 Å². The first-order valence-electron chi connectivity index (χ1n) is 8.99. The number of aromatic nitrogens is 1. The molecule has 2 amide bonds. The first-order valence-corrected chi connectivity index (χ1v) is 9.37. The number of hydrogen-bond donors (Lipinski definition) is 1. The molecule has 1 aliphatic rings. The zero-order valence-corrected chi connectivity index (χ0v) is 17.0. The standard InChI is InChI=1S/C20H19ClF3N3O3/c1-19(11-28)18(30)26(17-15(22)7-14(21)8-25-17)10-16(29)27(19)9-12-3-5-13(6-4-12)20(2,23)24/h3-8,28H,9-11H2,1-2H3/t19-/m1/s1. The van der Waals surface area contributed by atoms with E-state index in [9.17, 15) is 27.9 Å². The Morgan fingerprint density at radius 3 is 2.43 bits per heavy atom. The number of benzene rings is 1. The molecule has 1 aromatic carbocycles. The first kappa shape index (κ1) is 22.0. The van der Waals surface area contributed by atoms with Crippen LogP contribution in [0.15, 0.2) is 36.5 Å². The second-order valence-corrected chi connectivity index (χ2v) is 7.78. The number of rotatable bonds is 5. The van der Waals surface area contributed by atoms with Gasteiger partial charge in [-0.2, -0.15) is 0 Å². The van der Waals surface area contributed by atoms with E-state index in [-0.39, 0.29) is 22.9 Å². The summed E-state index contributed by atoms with van der Waals surface area (Å²) in [6.45, 7) is 0.805. The van der Waals surface area contributed by atoms with Crippen LogP contribution in [0.25, 0.3) is 0 Å². The summed E-state index contributed by atoms with van der Waals surface area (Å²) in [4.78, 5) is 31.7. The van der Waals surface area contributed by atoms with Crippen LogP contribution in [0.4, 0.5) is 19.0 Å². The zero-order valence-electron chi connectivity index (χ0n) is 16.2. The summed E-state index contributed by atoms with van der Waals surface area (Å²) in [7, 11) is 0. The van der Waals surface area contributed by atoms with Crippen molar-refractivity contribution >= 4 is 29.2 Å². The van der Waals surface area contributed by atoms with Crippen molar-refractivity contribution in [1.29, 1.82) is 0 Å². The van der Waals surface area contributed by atoms with Crippen LogP contribution in [0.3, 0.4) is 0 Å². The smallest absolute Gasteiger partial charge is 0.270 e. The molecule has 160 valence electrons. The normalized spacial score (nSPS) is 20.1. The van der Waals surface area contributed by atoms with Crippen molar-refractivity contribution in [2.45, 2.75) is 31.9 Å². The molecule has 0 bridgehead atoms. The highest BCUT2D eigenvalue weighted by atomic mass is 35.5. The van der Waals surface area contributed by atoms with Crippen molar-refractivity contribution < 1.29 is 27.9 Å². The van der Waals surface area contributed by atoms with Gasteiger partial charge in [0.05, 0.1) is 11.6 Å². The van der Waals surface area contributed by atoms with E-state index in [1.54, 1.807) is 0 Å². The molecule has 10 heteroatoms. The maximum atomic E-state index is 14.3. The minimum absolute atomic E-state index is 0.0275. The van der Waals surface area contributed by atoms with Crippen LogP contribution in [0, 0.1) is 5.82 Å². The van der Waals surface area contributed by atoms with Crippen LogP contribution in [0.2, 0.25) is 5.02 Å². The topological polar surface area (TPSA) is 73.7 Å². The van der Waals surface area contributed by atoms with Gasteiger partial charge >= 0.3 is 0 Å². The molecule has 0 unspecified atom stereocenters. The third kappa shape index (κ3) is 3.99. The van der Waals surface area contributed by atoms with Crippen LogP contribution < -0.4 is 4.90 Å². The molecular formula is C20H19ClF3N3O3. The van der Waals surface area contributed by atoms with Gasteiger partial charge in [-0.15, -0.1) is 0 Å². The molecular weight excluding hydrogens is 423 g/mol. The Hall–Kier alpha value is -2.65. The van der Waals surface area contributed by atoms with Gasteiger partial charge in [0.1, 0.15) is 12.1 Å². The lowest BCUT2D eigenvalue weighted by Crippen LogP contribution is -2.68. The lowest BCUT2D eigenvalue weighted by atomic mass is 9.94. The van der Waals surface area contributed by atoms with Crippen molar-refractivity contribution in [1.82, 2.24) is 9.88 Å². The second kappa shape index (κ2) is 7.88. The molecule has 1 atom stereocenters. The van der Waals surface area contributed by atoms with Gasteiger partial charge in [-0.1, -0.05) is 35.9 Å². The number of hydrogen-bond acceptors (Lipinski definition) is 4. The molecule has 2 aromatic rings. The fourth-order valence-electron chi connectivity index (χ4n) is 3.25. The number of amides is 2.